The first-order chi connectivity index (χ1) is 22.9. The van der Waals surface area contributed by atoms with Crippen LogP contribution in [-0.4, -0.2) is 78.2 Å². The molecule has 48 heavy (non-hydrogen) atoms. The van der Waals surface area contributed by atoms with Crippen LogP contribution >= 0.6 is 11.6 Å². The molecule has 0 radical (unpaired) electrons. The van der Waals surface area contributed by atoms with E-state index in [0.29, 0.717) is 40.6 Å². The molecule has 0 unspecified atom stereocenters. The van der Waals surface area contributed by atoms with E-state index in [1.807, 2.05) is 51.1 Å². The SMILES string of the molecule is CN[C@@H](C)C(=O)C[C@H](C(=O)N1CCC[C@H]1C(=O)Cc1cc2c(Nc3ccc(N4CCCCC4)c(Cl)c3)ncnc2cc1OC)C(C)(C)C. The predicted octanol–water partition coefficient (Wildman–Crippen LogP) is 6.36. The van der Waals surface area contributed by atoms with E-state index >= 15 is 0 Å². The maximum atomic E-state index is 14.0. The zero-order valence-corrected chi connectivity index (χ0v) is 29.8. The van der Waals surface area contributed by atoms with Crippen LogP contribution in [0.1, 0.15) is 71.8 Å². The monoisotopic (exact) mass is 676 g/mol. The fourth-order valence-corrected chi connectivity index (χ4v) is 7.14. The van der Waals surface area contributed by atoms with Gasteiger partial charge >= 0.3 is 0 Å². The first kappa shape index (κ1) is 35.5. The molecule has 2 aliphatic rings. The zero-order valence-electron chi connectivity index (χ0n) is 29.1. The fraction of sp³-hybridized carbons (Fsp3) is 0.541. The molecule has 2 aromatic carbocycles. The Morgan fingerprint density at radius 3 is 2.46 bits per heavy atom. The highest BCUT2D eigenvalue weighted by Crippen LogP contribution is 2.36. The molecule has 2 aliphatic heterocycles. The number of carbonyl (C=O) groups is 3. The van der Waals surface area contributed by atoms with Crippen molar-refractivity contribution in [2.24, 2.45) is 11.3 Å². The number of carbonyl (C=O) groups excluding carboxylic acids is 3. The number of Topliss-reactive ketones (excluding diaryl/α,β-unsaturated/α-hetero) is 2. The molecule has 3 aromatic rings. The Morgan fingerprint density at radius 2 is 1.79 bits per heavy atom. The van der Waals surface area contributed by atoms with E-state index in [9.17, 15) is 14.4 Å². The molecule has 1 amide bonds. The lowest BCUT2D eigenvalue weighted by Crippen LogP contribution is -2.48. The van der Waals surface area contributed by atoms with Crippen LogP contribution in [-0.2, 0) is 20.8 Å². The summed E-state index contributed by atoms with van der Waals surface area (Å²) in [6, 6.07) is 8.76. The minimum Gasteiger partial charge on any atom is -0.496 e. The third kappa shape index (κ3) is 7.92. The number of methoxy groups -OCH3 is 1. The van der Waals surface area contributed by atoms with Crippen molar-refractivity contribution in [1.82, 2.24) is 20.2 Å². The van der Waals surface area contributed by atoms with E-state index in [4.69, 9.17) is 16.3 Å². The normalized spacial score (nSPS) is 18.1. The summed E-state index contributed by atoms with van der Waals surface area (Å²) in [6.45, 7) is 10.2. The number of piperidine rings is 1. The standard InChI is InChI=1S/C37H49ClN6O4/c1-23(39-5)32(45)20-27(37(2,3)4)36(47)44-16-10-11-31(44)33(46)18-24-17-26-29(21-34(24)48-6)40-22-41-35(26)42-25-12-13-30(28(38)19-25)43-14-8-7-9-15-43/h12-13,17,19,21-23,27,31,39H,7-11,14-16,18,20H2,1-6H3,(H,40,41,42)/t23-,27+,31-/m0/s1. The van der Waals surface area contributed by atoms with Gasteiger partial charge in [0.1, 0.15) is 23.7 Å². The van der Waals surface area contributed by atoms with Gasteiger partial charge < -0.3 is 25.2 Å². The van der Waals surface area contributed by atoms with Crippen LogP contribution in [0.3, 0.4) is 0 Å². The Morgan fingerprint density at radius 1 is 1.04 bits per heavy atom. The largest absolute Gasteiger partial charge is 0.496 e. The Labute approximate surface area is 289 Å². The summed E-state index contributed by atoms with van der Waals surface area (Å²) < 4.78 is 5.72. The molecule has 2 N–H and O–H groups in total. The van der Waals surface area contributed by atoms with E-state index in [1.165, 1.54) is 25.6 Å². The summed E-state index contributed by atoms with van der Waals surface area (Å²) in [6.07, 6.45) is 6.60. The average Bonchev–Trinajstić information content (AvgIpc) is 3.57. The van der Waals surface area contributed by atoms with Crippen LogP contribution in [0, 0.1) is 11.3 Å². The number of rotatable bonds is 12. The van der Waals surface area contributed by atoms with Crippen LogP contribution in [0.4, 0.5) is 17.2 Å². The van der Waals surface area contributed by atoms with Crippen molar-refractivity contribution in [1.29, 1.82) is 0 Å². The van der Waals surface area contributed by atoms with Crippen LogP contribution in [0.25, 0.3) is 10.9 Å². The lowest BCUT2D eigenvalue weighted by Gasteiger charge is -2.35. The molecular formula is C37H49ClN6O4. The van der Waals surface area contributed by atoms with Gasteiger partial charge in [-0.3, -0.25) is 14.4 Å². The number of likely N-dealkylation sites (N-methyl/N-ethyl adjacent to an activating group) is 1. The third-order valence-electron chi connectivity index (χ3n) is 9.88. The third-order valence-corrected chi connectivity index (χ3v) is 10.2. The second kappa shape index (κ2) is 15.2. The van der Waals surface area contributed by atoms with Gasteiger partial charge in [0, 0.05) is 61.1 Å². The number of fused-ring (bicyclic) bond motifs is 1. The molecule has 1 aromatic heterocycles. The van der Waals surface area contributed by atoms with E-state index in [-0.39, 0.29) is 36.4 Å². The molecule has 3 heterocycles. The second-order valence-corrected chi connectivity index (χ2v) is 14.6. The maximum Gasteiger partial charge on any atom is 0.227 e. The Balaban J connectivity index is 1.37. The highest BCUT2D eigenvalue weighted by molar-refractivity contribution is 6.33. The number of amides is 1. The highest BCUT2D eigenvalue weighted by Gasteiger charge is 2.42. The van der Waals surface area contributed by atoms with Gasteiger partial charge in [-0.05, 0) is 75.8 Å². The summed E-state index contributed by atoms with van der Waals surface area (Å²) in [5.74, 6) is 0.393. The van der Waals surface area contributed by atoms with Gasteiger partial charge in [-0.1, -0.05) is 32.4 Å². The van der Waals surface area contributed by atoms with E-state index in [0.717, 1.165) is 36.3 Å². The quantitative estimate of drug-likeness (QED) is 0.226. The molecule has 10 nitrogen and oxygen atoms in total. The smallest absolute Gasteiger partial charge is 0.227 e. The minimum atomic E-state index is -0.565. The topological polar surface area (TPSA) is 117 Å². The number of nitrogens with zero attached hydrogens (tertiary/aromatic N) is 4. The molecule has 2 fully saturated rings. The van der Waals surface area contributed by atoms with E-state index in [2.05, 4.69) is 25.5 Å². The number of anilines is 3. The van der Waals surface area contributed by atoms with Crippen molar-refractivity contribution < 1.29 is 19.1 Å². The zero-order chi connectivity index (χ0) is 34.6. The summed E-state index contributed by atoms with van der Waals surface area (Å²) >= 11 is 6.74. The number of nitrogens with one attached hydrogen (secondary N) is 2. The number of aromatic nitrogens is 2. The minimum absolute atomic E-state index is 0.0133. The van der Waals surface area contributed by atoms with Gasteiger partial charge in [0.05, 0.1) is 35.4 Å². The first-order valence-electron chi connectivity index (χ1n) is 17.1. The Hall–Kier alpha value is -3.76. The van der Waals surface area contributed by atoms with Gasteiger partial charge in [0.25, 0.3) is 0 Å². The van der Waals surface area contributed by atoms with Crippen molar-refractivity contribution in [3.05, 3.63) is 47.2 Å². The molecule has 3 atom stereocenters. The van der Waals surface area contributed by atoms with Gasteiger partial charge in [-0.15, -0.1) is 0 Å². The molecule has 0 saturated carbocycles. The lowest BCUT2D eigenvalue weighted by molar-refractivity contribution is -0.145. The van der Waals surface area contributed by atoms with Gasteiger partial charge in [-0.2, -0.15) is 0 Å². The van der Waals surface area contributed by atoms with Crippen LogP contribution < -0.4 is 20.3 Å². The van der Waals surface area contributed by atoms with Gasteiger partial charge in [0.2, 0.25) is 5.91 Å². The number of halogens is 1. The molecule has 5 rings (SSSR count). The Bertz CT molecular complexity index is 1650. The number of hydrogen-bond donors (Lipinski definition) is 2. The predicted molar refractivity (Wildman–Crippen MR) is 191 cm³/mol. The molecule has 0 bridgehead atoms. The molecule has 0 aliphatic carbocycles. The number of likely N-dealkylation sites (tertiary alicyclic amines) is 1. The number of ether oxygens (including phenoxy) is 1. The van der Waals surface area contributed by atoms with Crippen LogP contribution in [0.2, 0.25) is 5.02 Å². The maximum absolute atomic E-state index is 14.0. The summed E-state index contributed by atoms with van der Waals surface area (Å²) in [4.78, 5) is 53.9. The lowest BCUT2D eigenvalue weighted by atomic mass is 9.76. The molecule has 258 valence electrons. The van der Waals surface area contributed by atoms with E-state index < -0.39 is 17.4 Å². The van der Waals surface area contributed by atoms with E-state index in [1.54, 1.807) is 26.0 Å². The van der Waals surface area contributed by atoms with Crippen molar-refractivity contribution in [2.75, 3.05) is 44.0 Å². The van der Waals surface area contributed by atoms with Crippen LogP contribution in [0.15, 0.2) is 36.7 Å². The molecular weight excluding hydrogens is 628 g/mol. The number of benzene rings is 2. The van der Waals surface area contributed by atoms with Gasteiger partial charge in [-0.25, -0.2) is 9.97 Å². The van der Waals surface area contributed by atoms with Crippen LogP contribution in [0.5, 0.6) is 5.75 Å². The van der Waals surface area contributed by atoms with Crippen molar-refractivity contribution in [3.63, 3.8) is 0 Å². The van der Waals surface area contributed by atoms with Crippen molar-refractivity contribution in [2.45, 2.75) is 84.7 Å². The summed E-state index contributed by atoms with van der Waals surface area (Å²) in [5, 5.41) is 7.80. The molecule has 0 spiro atoms. The summed E-state index contributed by atoms with van der Waals surface area (Å²) in [5.41, 5.74) is 2.75. The number of hydrogen-bond acceptors (Lipinski definition) is 9. The summed E-state index contributed by atoms with van der Waals surface area (Å²) in [7, 11) is 3.31. The number of ketones is 2. The molecule has 11 heteroatoms. The average molecular weight is 677 g/mol. The van der Waals surface area contributed by atoms with Gasteiger partial charge in [0.15, 0.2) is 5.78 Å². The fourth-order valence-electron chi connectivity index (χ4n) is 6.84. The van der Waals surface area contributed by atoms with Crippen molar-refractivity contribution >= 4 is 57.2 Å². The second-order valence-electron chi connectivity index (χ2n) is 14.2. The molecule has 2 saturated heterocycles. The highest BCUT2D eigenvalue weighted by atomic mass is 35.5. The first-order valence-corrected chi connectivity index (χ1v) is 17.5. The Kier molecular flexibility index (Phi) is 11.3. The van der Waals surface area contributed by atoms with Crippen molar-refractivity contribution in [3.8, 4) is 5.75 Å².